The fraction of sp³-hybridized carbons (Fsp3) is 0.211. The van der Waals surface area contributed by atoms with Crippen LogP contribution in [0.15, 0.2) is 49.2 Å². The van der Waals surface area contributed by atoms with Gasteiger partial charge in [-0.2, -0.15) is 9.78 Å². The Labute approximate surface area is 182 Å². The third kappa shape index (κ3) is 4.23. The average Bonchev–Trinajstić information content (AvgIpc) is 2.62. The van der Waals surface area contributed by atoms with Gasteiger partial charge in [-0.3, -0.25) is 14.9 Å². The Morgan fingerprint density at radius 3 is 2.55 bits per heavy atom. The van der Waals surface area contributed by atoms with Crippen molar-refractivity contribution < 1.29 is 10.0 Å². The van der Waals surface area contributed by atoms with E-state index >= 15 is 0 Å². The third-order valence-corrected chi connectivity index (χ3v) is 5.16. The van der Waals surface area contributed by atoms with Crippen LogP contribution in [0, 0.1) is 10.1 Å². The van der Waals surface area contributed by atoms with Gasteiger partial charge >= 0.3 is 5.69 Å². The molecule has 0 amide bonds. The molecule has 2 aromatic carbocycles. The maximum Gasteiger partial charge on any atom is 0.312 e. The Bertz CT molecular complexity index is 1230. The van der Waals surface area contributed by atoms with Crippen molar-refractivity contribution in [3.05, 3.63) is 71.1 Å². The summed E-state index contributed by atoms with van der Waals surface area (Å²) in [6, 6.07) is 7.88. The smallest absolute Gasteiger partial charge is 0.312 e. The number of nitrogens with zero attached hydrogens (tertiary/aromatic N) is 4. The summed E-state index contributed by atoms with van der Waals surface area (Å²) in [6.45, 7) is 5.73. The minimum absolute atomic E-state index is 0.150. The summed E-state index contributed by atoms with van der Waals surface area (Å²) >= 11 is 6.44. The predicted molar refractivity (Wildman–Crippen MR) is 118 cm³/mol. The maximum absolute atomic E-state index is 13.1. The van der Waals surface area contributed by atoms with E-state index in [2.05, 4.69) is 41.9 Å². The Balaban J connectivity index is 2.23. The highest BCUT2D eigenvalue weighted by atomic mass is 79.9. The minimum atomic E-state index is -0.695. The van der Waals surface area contributed by atoms with E-state index in [1.807, 2.05) is 26.8 Å². The first-order valence-corrected chi connectivity index (χ1v) is 10.0. The molecule has 0 aliphatic heterocycles. The zero-order valence-corrected chi connectivity index (χ0v) is 18.9. The molecule has 0 bridgehead atoms. The van der Waals surface area contributed by atoms with Crippen molar-refractivity contribution in [3.63, 3.8) is 0 Å². The number of hydrogen-bond donors (Lipinski definition) is 1. The number of rotatable bonds is 3. The van der Waals surface area contributed by atoms with Crippen molar-refractivity contribution in [2.75, 3.05) is 0 Å². The molecule has 0 atom stereocenters. The number of fused-ring (bicyclic) bond motifs is 1. The lowest BCUT2D eigenvalue weighted by molar-refractivity contribution is -0.386. The highest BCUT2D eigenvalue weighted by Crippen LogP contribution is 2.34. The highest BCUT2D eigenvalue weighted by molar-refractivity contribution is 9.10. The van der Waals surface area contributed by atoms with Crippen molar-refractivity contribution in [2.45, 2.75) is 26.2 Å². The molecule has 8 nitrogen and oxygen atoms in total. The topological polar surface area (TPSA) is 111 Å². The molecular weight excluding hydrogens is 508 g/mol. The van der Waals surface area contributed by atoms with E-state index in [0.29, 0.717) is 22.3 Å². The van der Waals surface area contributed by atoms with Gasteiger partial charge in [0.1, 0.15) is 5.82 Å². The van der Waals surface area contributed by atoms with Crippen LogP contribution in [0.5, 0.6) is 5.75 Å². The number of phenolic OH excluding ortho intramolecular Hbond substituents is 1. The molecule has 0 unspecified atom stereocenters. The maximum atomic E-state index is 13.1. The van der Waals surface area contributed by atoms with Crippen LogP contribution < -0.4 is 5.56 Å². The van der Waals surface area contributed by atoms with Crippen LogP contribution in [-0.2, 0) is 5.41 Å². The number of aromatic hydroxyl groups is 1. The summed E-state index contributed by atoms with van der Waals surface area (Å²) in [5, 5.41) is 25.6. The molecule has 0 saturated carbocycles. The SMILES string of the molecule is CC(C)(C)c1nc2ccc(Br)cc2c(=O)n1N=Cc1cc(Br)c(O)c([N+](=O)[O-])c1. The van der Waals surface area contributed by atoms with E-state index in [1.165, 1.54) is 23.0 Å². The molecule has 0 spiro atoms. The molecule has 1 heterocycles. The highest BCUT2D eigenvalue weighted by Gasteiger charge is 2.23. The zero-order chi connectivity index (χ0) is 21.5. The summed E-state index contributed by atoms with van der Waals surface area (Å²) in [5.74, 6) is -0.0298. The number of phenols is 1. The number of nitro groups is 1. The van der Waals surface area contributed by atoms with Gasteiger partial charge in [-0.15, -0.1) is 0 Å². The Kier molecular flexibility index (Phi) is 5.59. The molecule has 29 heavy (non-hydrogen) atoms. The van der Waals surface area contributed by atoms with Crippen molar-refractivity contribution in [1.29, 1.82) is 0 Å². The van der Waals surface area contributed by atoms with Crippen LogP contribution in [0.25, 0.3) is 10.9 Å². The molecule has 3 aromatic rings. The fourth-order valence-electron chi connectivity index (χ4n) is 2.68. The number of nitro benzene ring substituents is 1. The lowest BCUT2D eigenvalue weighted by Crippen LogP contribution is -2.29. The summed E-state index contributed by atoms with van der Waals surface area (Å²) < 4.78 is 2.08. The molecule has 3 rings (SSSR count). The van der Waals surface area contributed by atoms with Gasteiger partial charge in [0.05, 0.1) is 26.5 Å². The van der Waals surface area contributed by atoms with Crippen LogP contribution in [0.2, 0.25) is 0 Å². The Morgan fingerprint density at radius 2 is 1.93 bits per heavy atom. The first-order valence-electron chi connectivity index (χ1n) is 8.43. The normalized spacial score (nSPS) is 12.0. The van der Waals surface area contributed by atoms with Crippen LogP contribution in [0.3, 0.4) is 0 Å². The summed E-state index contributed by atoms with van der Waals surface area (Å²) in [4.78, 5) is 28.1. The lowest BCUT2D eigenvalue weighted by atomic mass is 9.95. The third-order valence-electron chi connectivity index (χ3n) is 4.06. The van der Waals surface area contributed by atoms with Gasteiger partial charge in [0.25, 0.3) is 5.56 Å². The quantitative estimate of drug-likeness (QED) is 0.303. The van der Waals surface area contributed by atoms with Gasteiger partial charge in [-0.1, -0.05) is 36.7 Å². The Hall–Kier alpha value is -2.59. The van der Waals surface area contributed by atoms with E-state index < -0.39 is 21.8 Å². The van der Waals surface area contributed by atoms with E-state index in [-0.39, 0.29) is 10.0 Å². The summed E-state index contributed by atoms with van der Waals surface area (Å²) in [6.07, 6.45) is 1.32. The van der Waals surface area contributed by atoms with E-state index in [0.717, 1.165) is 4.47 Å². The van der Waals surface area contributed by atoms with Gasteiger partial charge < -0.3 is 5.11 Å². The predicted octanol–water partition coefficient (Wildman–Crippen LogP) is 4.72. The lowest BCUT2D eigenvalue weighted by Gasteiger charge is -2.20. The van der Waals surface area contributed by atoms with Gasteiger partial charge in [0.15, 0.2) is 0 Å². The molecule has 0 saturated heterocycles. The van der Waals surface area contributed by atoms with Crippen molar-refractivity contribution in [2.24, 2.45) is 5.10 Å². The molecule has 0 radical (unpaired) electrons. The second-order valence-corrected chi connectivity index (χ2v) is 9.11. The van der Waals surface area contributed by atoms with E-state index in [9.17, 15) is 20.0 Å². The average molecular weight is 524 g/mol. The monoisotopic (exact) mass is 522 g/mol. The first-order chi connectivity index (χ1) is 13.5. The second kappa shape index (κ2) is 7.68. The standard InChI is InChI=1S/C19H16Br2N4O4/c1-19(2,3)18-23-14-5-4-11(20)8-12(14)17(27)24(18)22-9-10-6-13(21)16(26)15(7-10)25(28)29/h4-9,26H,1-3H3. The molecule has 0 aliphatic rings. The largest absolute Gasteiger partial charge is 0.501 e. The Morgan fingerprint density at radius 1 is 1.24 bits per heavy atom. The number of benzene rings is 2. The molecular formula is C19H16Br2N4O4. The van der Waals surface area contributed by atoms with Crippen molar-refractivity contribution in [1.82, 2.24) is 9.66 Å². The van der Waals surface area contributed by atoms with E-state index in [1.54, 1.807) is 12.1 Å². The van der Waals surface area contributed by atoms with Gasteiger partial charge in [-0.05, 0) is 40.2 Å². The van der Waals surface area contributed by atoms with Crippen LogP contribution in [-0.4, -0.2) is 25.9 Å². The van der Waals surface area contributed by atoms with Crippen molar-refractivity contribution >= 4 is 54.7 Å². The molecule has 1 aromatic heterocycles. The second-order valence-electron chi connectivity index (χ2n) is 7.34. The summed E-state index contributed by atoms with van der Waals surface area (Å²) in [5.41, 5.74) is -0.422. The van der Waals surface area contributed by atoms with E-state index in [4.69, 9.17) is 0 Å². The number of halogens is 2. The molecule has 10 heteroatoms. The first kappa shape index (κ1) is 21.1. The van der Waals surface area contributed by atoms with Crippen LogP contribution in [0.1, 0.15) is 32.2 Å². The van der Waals surface area contributed by atoms with Gasteiger partial charge in [-0.25, -0.2) is 4.98 Å². The number of aromatic nitrogens is 2. The molecule has 0 fully saturated rings. The van der Waals surface area contributed by atoms with Crippen LogP contribution >= 0.6 is 31.9 Å². The molecule has 0 aliphatic carbocycles. The fourth-order valence-corrected chi connectivity index (χ4v) is 3.51. The summed E-state index contributed by atoms with van der Waals surface area (Å²) in [7, 11) is 0. The zero-order valence-electron chi connectivity index (χ0n) is 15.7. The number of hydrogen-bond acceptors (Lipinski definition) is 6. The van der Waals surface area contributed by atoms with Crippen molar-refractivity contribution in [3.8, 4) is 5.75 Å². The van der Waals surface area contributed by atoms with Crippen LogP contribution in [0.4, 0.5) is 5.69 Å². The minimum Gasteiger partial charge on any atom is -0.501 e. The van der Waals surface area contributed by atoms with Gasteiger partial charge in [0.2, 0.25) is 5.75 Å². The van der Waals surface area contributed by atoms with Gasteiger partial charge in [0, 0.05) is 21.5 Å². The molecule has 1 N–H and O–H groups in total. The molecule has 150 valence electrons.